The lowest BCUT2D eigenvalue weighted by Crippen LogP contribution is -2.41. The quantitative estimate of drug-likeness (QED) is 0.254. The Morgan fingerprint density at radius 3 is 2.43 bits per heavy atom. The smallest absolute Gasteiger partial charge is 0.439 e. The number of aryl methyl sites for hydroxylation is 1. The number of carbonyl (C=O) groups is 1. The Morgan fingerprint density at radius 2 is 1.81 bits per heavy atom. The lowest BCUT2D eigenvalue weighted by Gasteiger charge is -2.11. The van der Waals surface area contributed by atoms with Crippen LogP contribution in [-0.4, -0.2) is 23.1 Å². The summed E-state index contributed by atoms with van der Waals surface area (Å²) in [4.78, 5) is 29.9. The molecule has 8 nitrogen and oxygen atoms in total. The van der Waals surface area contributed by atoms with Gasteiger partial charge in [0, 0.05) is 23.1 Å². The number of methoxy groups -OCH3 is 1. The molecule has 0 saturated heterocycles. The summed E-state index contributed by atoms with van der Waals surface area (Å²) in [7, 11) is 1.47. The van der Waals surface area contributed by atoms with Crippen LogP contribution in [-0.2, 0) is 6.18 Å². The van der Waals surface area contributed by atoms with Crippen molar-refractivity contribution in [2.24, 2.45) is 0 Å². The highest BCUT2D eigenvalue weighted by atomic mass is 32.1. The van der Waals surface area contributed by atoms with E-state index in [4.69, 9.17) is 15.0 Å². The fourth-order valence-corrected chi connectivity index (χ4v) is 4.93. The first-order chi connectivity index (χ1) is 17.6. The van der Waals surface area contributed by atoms with E-state index in [2.05, 4.69) is 10.3 Å². The maximum atomic E-state index is 14.1. The molecule has 5 rings (SSSR count). The second-order valence-corrected chi connectivity index (χ2v) is 9.13. The van der Waals surface area contributed by atoms with Gasteiger partial charge in [0.1, 0.15) is 15.5 Å². The van der Waals surface area contributed by atoms with Crippen molar-refractivity contribution in [3.8, 4) is 22.7 Å². The highest BCUT2D eigenvalue weighted by Gasteiger charge is 2.39. The van der Waals surface area contributed by atoms with E-state index in [1.165, 1.54) is 7.11 Å². The maximum absolute atomic E-state index is 14.1. The molecule has 0 amide bonds. The van der Waals surface area contributed by atoms with Gasteiger partial charge in [-0.05, 0) is 47.2 Å². The molecule has 0 aliphatic heterocycles. The molecule has 2 aromatic carbocycles. The van der Waals surface area contributed by atoms with Crippen molar-refractivity contribution in [1.29, 1.82) is 0 Å². The Morgan fingerprint density at radius 1 is 1.14 bits per heavy atom. The average molecular weight is 528 g/mol. The number of nitrogens with zero attached hydrogens (tertiary/aromatic N) is 2. The summed E-state index contributed by atoms with van der Waals surface area (Å²) < 4.78 is 53.4. The molecule has 3 heterocycles. The molecule has 0 aliphatic carbocycles. The van der Waals surface area contributed by atoms with Crippen molar-refractivity contribution in [2.45, 2.75) is 13.1 Å². The van der Waals surface area contributed by atoms with Gasteiger partial charge in [0.05, 0.1) is 24.1 Å². The van der Waals surface area contributed by atoms with Crippen LogP contribution in [0, 0.1) is 6.92 Å². The Kier molecular flexibility index (Phi) is 5.83. The highest BCUT2D eigenvalue weighted by molar-refractivity contribution is 7.21. The lowest BCUT2D eigenvalue weighted by molar-refractivity contribution is -0.672. The molecule has 0 fully saturated rings. The standard InChI is InChI=1S/C25H17F3N4O4S/c1-12-3-7-14(8-4-12)32-20(24(34)36-31-32)21(33)22-19(29)18-16(25(26,27)28)11-17(30-23(18)37-22)13-5-9-15(35-2)10-6-13/h3-11H,1-2H3,(H2-,29,31,33,34)/p+1. The number of nitrogen functional groups attached to an aromatic ring is 1. The van der Waals surface area contributed by atoms with Crippen LogP contribution in [0.25, 0.3) is 27.2 Å². The Balaban J connectivity index is 1.69. The number of alkyl halides is 3. The molecule has 3 aromatic heterocycles. The normalized spacial score (nSPS) is 11.7. The number of aromatic nitrogens is 3. The Bertz CT molecular complexity index is 1700. The number of ether oxygens (including phenoxy) is 1. The molecule has 0 bridgehead atoms. The Hall–Kier alpha value is -4.45. The van der Waals surface area contributed by atoms with E-state index >= 15 is 0 Å². The molecule has 37 heavy (non-hydrogen) atoms. The fraction of sp³-hybridized carbons (Fsp3) is 0.120. The zero-order chi connectivity index (χ0) is 26.5. The lowest BCUT2D eigenvalue weighted by atomic mass is 10.0. The monoisotopic (exact) mass is 527 g/mol. The first kappa shape index (κ1) is 24.3. The van der Waals surface area contributed by atoms with Gasteiger partial charge in [-0.3, -0.25) is 9.32 Å². The number of H-pyrrole nitrogens is 1. The zero-order valence-electron chi connectivity index (χ0n) is 19.3. The van der Waals surface area contributed by atoms with Crippen molar-refractivity contribution < 1.29 is 31.9 Å². The fourth-order valence-electron chi connectivity index (χ4n) is 3.87. The minimum absolute atomic E-state index is 0.0404. The van der Waals surface area contributed by atoms with Crippen molar-refractivity contribution in [1.82, 2.24) is 10.3 Å². The van der Waals surface area contributed by atoms with Crippen LogP contribution in [0.2, 0.25) is 0 Å². The van der Waals surface area contributed by atoms with Crippen molar-refractivity contribution in [2.75, 3.05) is 12.8 Å². The van der Waals surface area contributed by atoms with Gasteiger partial charge in [-0.1, -0.05) is 17.7 Å². The summed E-state index contributed by atoms with van der Waals surface area (Å²) in [5, 5.41) is 1.95. The minimum atomic E-state index is -4.78. The van der Waals surface area contributed by atoms with Crippen LogP contribution >= 0.6 is 11.3 Å². The second kappa shape index (κ2) is 8.89. The second-order valence-electron chi connectivity index (χ2n) is 8.14. The number of benzene rings is 2. The number of pyridine rings is 1. The number of hydrogen-bond acceptors (Lipinski definition) is 7. The number of carbonyl (C=O) groups excluding carboxylic acids is 1. The van der Waals surface area contributed by atoms with Crippen LogP contribution in [0.4, 0.5) is 18.9 Å². The maximum Gasteiger partial charge on any atom is 0.439 e. The third-order valence-electron chi connectivity index (χ3n) is 5.75. The average Bonchev–Trinajstić information content (AvgIpc) is 3.43. The van der Waals surface area contributed by atoms with E-state index in [1.54, 1.807) is 48.5 Å². The van der Waals surface area contributed by atoms with Crippen LogP contribution in [0.3, 0.4) is 0 Å². The molecule has 0 radical (unpaired) electrons. The molecule has 0 aliphatic rings. The topological polar surface area (TPSA) is 115 Å². The number of nitrogens with two attached hydrogens (primary N) is 1. The predicted molar refractivity (Wildman–Crippen MR) is 130 cm³/mol. The number of nitrogens with one attached hydrogen (secondary N) is 1. The van der Waals surface area contributed by atoms with Crippen molar-refractivity contribution in [3.05, 3.63) is 86.7 Å². The molecule has 0 saturated carbocycles. The number of ketones is 1. The van der Waals surface area contributed by atoms with Gasteiger partial charge >= 0.3 is 17.5 Å². The number of fused-ring (bicyclic) bond motifs is 1. The zero-order valence-corrected chi connectivity index (χ0v) is 20.2. The molecule has 188 valence electrons. The van der Waals surface area contributed by atoms with Crippen LogP contribution in [0.15, 0.2) is 63.9 Å². The van der Waals surface area contributed by atoms with E-state index in [9.17, 15) is 22.8 Å². The largest absolute Gasteiger partial charge is 0.497 e. The molecule has 0 atom stereocenters. The first-order valence-electron chi connectivity index (χ1n) is 10.8. The predicted octanol–water partition coefficient (Wildman–Crippen LogP) is 4.67. The summed E-state index contributed by atoms with van der Waals surface area (Å²) in [6, 6.07) is 14.1. The van der Waals surface area contributed by atoms with Gasteiger partial charge in [0.15, 0.2) is 0 Å². The third-order valence-corrected chi connectivity index (χ3v) is 6.85. The SMILES string of the molecule is COc1ccc(-c2cc(C(F)(F)F)c3c(N)c(C(=O)c4c(=O)o[nH][n+]4-c4ccc(C)cc4)sc3n2)cc1. The number of rotatable bonds is 5. The summed E-state index contributed by atoms with van der Waals surface area (Å²) >= 11 is 0.674. The van der Waals surface area contributed by atoms with E-state index in [0.717, 1.165) is 16.3 Å². The molecule has 3 N–H and O–H groups in total. The molecule has 0 unspecified atom stereocenters. The van der Waals surface area contributed by atoms with E-state index < -0.39 is 39.9 Å². The van der Waals surface area contributed by atoms with E-state index in [0.29, 0.717) is 28.3 Å². The van der Waals surface area contributed by atoms with Gasteiger partial charge in [-0.15, -0.1) is 11.3 Å². The van der Waals surface area contributed by atoms with Gasteiger partial charge in [0.25, 0.3) is 5.78 Å². The third kappa shape index (κ3) is 4.25. The molecule has 12 heteroatoms. The number of aromatic amines is 1. The van der Waals surface area contributed by atoms with E-state index in [-0.39, 0.29) is 15.4 Å². The van der Waals surface area contributed by atoms with Gasteiger partial charge in [0.2, 0.25) is 5.69 Å². The molecular formula is C25H18F3N4O4S+. The molecule has 0 spiro atoms. The van der Waals surface area contributed by atoms with Gasteiger partial charge in [-0.2, -0.15) is 13.2 Å². The number of hydrogen-bond donors (Lipinski definition) is 2. The van der Waals surface area contributed by atoms with Gasteiger partial charge in [-0.25, -0.2) is 9.78 Å². The number of thiophene rings is 1. The van der Waals surface area contributed by atoms with Crippen LogP contribution in [0.1, 0.15) is 26.5 Å². The van der Waals surface area contributed by atoms with Gasteiger partial charge < -0.3 is 10.5 Å². The van der Waals surface area contributed by atoms with E-state index in [1.807, 2.05) is 6.92 Å². The number of anilines is 1. The van der Waals surface area contributed by atoms with Crippen LogP contribution in [0.5, 0.6) is 5.75 Å². The summed E-state index contributed by atoms with van der Waals surface area (Å²) in [5.74, 6) is -0.364. The summed E-state index contributed by atoms with van der Waals surface area (Å²) in [6.45, 7) is 1.86. The molecule has 5 aromatic rings. The first-order valence-corrected chi connectivity index (χ1v) is 11.6. The minimum Gasteiger partial charge on any atom is -0.497 e. The van der Waals surface area contributed by atoms with Crippen molar-refractivity contribution in [3.63, 3.8) is 0 Å². The highest BCUT2D eigenvalue weighted by Crippen LogP contribution is 2.44. The Labute approximate surface area is 210 Å². The summed E-state index contributed by atoms with van der Waals surface area (Å²) in [5.41, 5.74) is 5.03. The van der Waals surface area contributed by atoms with Crippen LogP contribution < -0.4 is 20.8 Å². The molecular weight excluding hydrogens is 509 g/mol. The number of halogens is 3. The summed E-state index contributed by atoms with van der Waals surface area (Å²) in [6.07, 6.45) is -4.78. The van der Waals surface area contributed by atoms with Crippen molar-refractivity contribution >= 4 is 33.0 Å².